The molecule has 1 aliphatic heterocycles. The third-order valence-electron chi connectivity index (χ3n) is 4.06. The van der Waals surface area contributed by atoms with Crippen LogP contribution in [0.3, 0.4) is 0 Å². The molecule has 23 heavy (non-hydrogen) atoms. The highest BCUT2D eigenvalue weighted by molar-refractivity contribution is 5.88. The Hall–Kier alpha value is -1.88. The molecule has 5 heteroatoms. The fraction of sp³-hybridized carbons (Fsp3) is 0.556. The minimum absolute atomic E-state index is 0.00337. The molecule has 0 bridgehead atoms. The van der Waals surface area contributed by atoms with E-state index < -0.39 is 6.04 Å². The molecule has 2 amide bonds. The van der Waals surface area contributed by atoms with E-state index >= 15 is 0 Å². The number of carbonyl (C=O) groups excluding carboxylic acids is 2. The van der Waals surface area contributed by atoms with Gasteiger partial charge in [-0.1, -0.05) is 44.2 Å². The lowest BCUT2D eigenvalue weighted by atomic mass is 10.0. The Morgan fingerprint density at radius 1 is 1.17 bits per heavy atom. The maximum atomic E-state index is 12.6. The third-order valence-corrected chi connectivity index (χ3v) is 4.06. The Morgan fingerprint density at radius 3 is 2.43 bits per heavy atom. The van der Waals surface area contributed by atoms with Gasteiger partial charge in [0.2, 0.25) is 11.8 Å². The van der Waals surface area contributed by atoms with Gasteiger partial charge in [-0.3, -0.25) is 9.59 Å². The van der Waals surface area contributed by atoms with Crippen LogP contribution in [0.25, 0.3) is 0 Å². The summed E-state index contributed by atoms with van der Waals surface area (Å²) in [7, 11) is 0. The van der Waals surface area contributed by atoms with Gasteiger partial charge in [-0.15, -0.1) is 0 Å². The molecule has 0 spiro atoms. The lowest BCUT2D eigenvalue weighted by Gasteiger charge is -2.32. The lowest BCUT2D eigenvalue weighted by molar-refractivity contribution is -0.141. The van der Waals surface area contributed by atoms with E-state index in [4.69, 9.17) is 4.74 Å². The first-order valence-electron chi connectivity index (χ1n) is 8.27. The maximum Gasteiger partial charge on any atom is 0.245 e. The molecule has 0 unspecified atom stereocenters. The zero-order valence-electron chi connectivity index (χ0n) is 14.0. The van der Waals surface area contributed by atoms with Crippen LogP contribution in [0.15, 0.2) is 30.3 Å². The van der Waals surface area contributed by atoms with Crippen molar-refractivity contribution in [2.45, 2.75) is 32.7 Å². The first-order chi connectivity index (χ1) is 11.1. The summed E-state index contributed by atoms with van der Waals surface area (Å²) in [4.78, 5) is 26.6. The fourth-order valence-electron chi connectivity index (χ4n) is 2.64. The van der Waals surface area contributed by atoms with Gasteiger partial charge in [0.25, 0.3) is 0 Å². The average molecular weight is 318 g/mol. The van der Waals surface area contributed by atoms with Crippen molar-refractivity contribution in [2.24, 2.45) is 5.92 Å². The number of nitrogens with zero attached hydrogens (tertiary/aromatic N) is 1. The largest absolute Gasteiger partial charge is 0.378 e. The molecule has 0 aromatic heterocycles. The molecule has 1 aromatic rings. The summed E-state index contributed by atoms with van der Waals surface area (Å²) >= 11 is 0. The standard InChI is InChI=1S/C18H26N2O3/c1-14(2)17(18(22)20-10-12-23-13-11-20)19-16(21)9-8-15-6-4-3-5-7-15/h3-7,14,17H,8-13H2,1-2H3,(H,19,21)/t17-/m1/s1. The van der Waals surface area contributed by atoms with Gasteiger partial charge >= 0.3 is 0 Å². The molecule has 0 aliphatic carbocycles. The van der Waals surface area contributed by atoms with Crippen molar-refractivity contribution in [1.29, 1.82) is 0 Å². The normalized spacial score (nSPS) is 16.2. The smallest absolute Gasteiger partial charge is 0.245 e. The van der Waals surface area contributed by atoms with E-state index in [0.29, 0.717) is 39.1 Å². The molecule has 1 N–H and O–H groups in total. The number of morpholine rings is 1. The van der Waals surface area contributed by atoms with Crippen molar-refractivity contribution < 1.29 is 14.3 Å². The molecule has 1 aromatic carbocycles. The number of benzene rings is 1. The molecule has 0 radical (unpaired) electrons. The highest BCUT2D eigenvalue weighted by atomic mass is 16.5. The Kier molecular flexibility index (Phi) is 6.59. The first kappa shape index (κ1) is 17.5. The van der Waals surface area contributed by atoms with E-state index in [9.17, 15) is 9.59 Å². The maximum absolute atomic E-state index is 12.6. The Labute approximate surface area is 138 Å². The number of hydrogen-bond donors (Lipinski definition) is 1. The predicted molar refractivity (Wildman–Crippen MR) is 88.9 cm³/mol. The Balaban J connectivity index is 1.87. The second-order valence-electron chi connectivity index (χ2n) is 6.21. The van der Waals surface area contributed by atoms with Crippen LogP contribution in [-0.2, 0) is 20.7 Å². The van der Waals surface area contributed by atoms with Gasteiger partial charge in [0.1, 0.15) is 6.04 Å². The number of hydrogen-bond acceptors (Lipinski definition) is 3. The van der Waals surface area contributed by atoms with E-state index in [2.05, 4.69) is 5.32 Å². The molecule has 1 fully saturated rings. The number of nitrogens with one attached hydrogen (secondary N) is 1. The van der Waals surface area contributed by atoms with Crippen LogP contribution >= 0.6 is 0 Å². The van der Waals surface area contributed by atoms with Crippen molar-refractivity contribution in [1.82, 2.24) is 10.2 Å². The van der Waals surface area contributed by atoms with E-state index in [0.717, 1.165) is 5.56 Å². The van der Waals surface area contributed by atoms with Crippen LogP contribution in [0.5, 0.6) is 0 Å². The van der Waals surface area contributed by atoms with Gasteiger partial charge in [-0.05, 0) is 17.9 Å². The number of rotatable bonds is 6. The summed E-state index contributed by atoms with van der Waals surface area (Å²) in [5.41, 5.74) is 1.13. The molecule has 2 rings (SSSR count). The molecule has 126 valence electrons. The van der Waals surface area contributed by atoms with Crippen LogP contribution in [0.2, 0.25) is 0 Å². The Morgan fingerprint density at radius 2 is 1.83 bits per heavy atom. The van der Waals surface area contributed by atoms with Gasteiger partial charge < -0.3 is 15.0 Å². The lowest BCUT2D eigenvalue weighted by Crippen LogP contribution is -2.53. The SMILES string of the molecule is CC(C)[C@@H](NC(=O)CCc1ccccc1)C(=O)N1CCOCC1. The highest BCUT2D eigenvalue weighted by Crippen LogP contribution is 2.10. The zero-order valence-corrected chi connectivity index (χ0v) is 14.0. The zero-order chi connectivity index (χ0) is 16.7. The van der Waals surface area contributed by atoms with Crippen molar-refractivity contribution in [3.05, 3.63) is 35.9 Å². The number of amides is 2. The summed E-state index contributed by atoms with van der Waals surface area (Å²) in [5, 5.41) is 2.91. The van der Waals surface area contributed by atoms with E-state index in [-0.39, 0.29) is 17.7 Å². The molecular formula is C18H26N2O3. The number of aryl methyl sites for hydroxylation is 1. The second-order valence-corrected chi connectivity index (χ2v) is 6.21. The summed E-state index contributed by atoms with van der Waals surface area (Å²) in [6.07, 6.45) is 1.08. The van der Waals surface area contributed by atoms with Gasteiger partial charge in [-0.2, -0.15) is 0 Å². The molecular weight excluding hydrogens is 292 g/mol. The van der Waals surface area contributed by atoms with Gasteiger partial charge in [-0.25, -0.2) is 0 Å². The first-order valence-corrected chi connectivity index (χ1v) is 8.27. The molecule has 1 saturated heterocycles. The van der Waals surface area contributed by atoms with Crippen LogP contribution in [-0.4, -0.2) is 49.1 Å². The molecule has 1 atom stereocenters. The number of ether oxygens (including phenoxy) is 1. The summed E-state index contributed by atoms with van der Waals surface area (Å²) in [5.74, 6) is -0.0171. The van der Waals surface area contributed by atoms with Crippen LogP contribution < -0.4 is 5.32 Å². The number of carbonyl (C=O) groups is 2. The van der Waals surface area contributed by atoms with E-state index in [1.54, 1.807) is 4.90 Å². The second kappa shape index (κ2) is 8.67. The van der Waals surface area contributed by atoms with Crippen LogP contribution in [0, 0.1) is 5.92 Å². The summed E-state index contributed by atoms with van der Waals surface area (Å²) in [6, 6.07) is 9.44. The monoisotopic (exact) mass is 318 g/mol. The van der Waals surface area contributed by atoms with Gasteiger partial charge in [0, 0.05) is 19.5 Å². The van der Waals surface area contributed by atoms with Gasteiger partial charge in [0.15, 0.2) is 0 Å². The predicted octanol–water partition coefficient (Wildman–Crippen LogP) is 1.62. The fourth-order valence-corrected chi connectivity index (χ4v) is 2.64. The van der Waals surface area contributed by atoms with E-state index in [1.165, 1.54) is 0 Å². The quantitative estimate of drug-likeness (QED) is 0.867. The van der Waals surface area contributed by atoms with E-state index in [1.807, 2.05) is 44.2 Å². The highest BCUT2D eigenvalue weighted by Gasteiger charge is 2.29. The summed E-state index contributed by atoms with van der Waals surface area (Å²) < 4.78 is 5.28. The Bertz CT molecular complexity index is 510. The topological polar surface area (TPSA) is 58.6 Å². The van der Waals surface area contributed by atoms with Crippen molar-refractivity contribution in [3.8, 4) is 0 Å². The average Bonchev–Trinajstić information content (AvgIpc) is 2.58. The van der Waals surface area contributed by atoms with Gasteiger partial charge in [0.05, 0.1) is 13.2 Å². The molecule has 5 nitrogen and oxygen atoms in total. The summed E-state index contributed by atoms with van der Waals surface area (Å²) in [6.45, 7) is 6.25. The van der Waals surface area contributed by atoms with Crippen molar-refractivity contribution >= 4 is 11.8 Å². The minimum Gasteiger partial charge on any atom is -0.378 e. The minimum atomic E-state index is -0.462. The molecule has 0 saturated carbocycles. The third kappa shape index (κ3) is 5.36. The molecule has 1 aliphatic rings. The van der Waals surface area contributed by atoms with Crippen molar-refractivity contribution in [3.63, 3.8) is 0 Å². The molecule has 1 heterocycles. The van der Waals surface area contributed by atoms with Crippen molar-refractivity contribution in [2.75, 3.05) is 26.3 Å². The van der Waals surface area contributed by atoms with Crippen LogP contribution in [0.1, 0.15) is 25.8 Å². The van der Waals surface area contributed by atoms with Crippen LogP contribution in [0.4, 0.5) is 0 Å².